The third-order valence-corrected chi connectivity index (χ3v) is 1.60. The van der Waals surface area contributed by atoms with Crippen molar-refractivity contribution in [1.29, 1.82) is 5.26 Å². The van der Waals surface area contributed by atoms with Crippen LogP contribution in [0.15, 0.2) is 12.1 Å². The molecule has 1 rings (SSSR count). The SMILES string of the molecule is COc1cc(F)c(NCC#N)cc1F. The van der Waals surface area contributed by atoms with E-state index in [9.17, 15) is 8.78 Å². The monoisotopic (exact) mass is 198 g/mol. The molecule has 3 nitrogen and oxygen atoms in total. The Morgan fingerprint density at radius 1 is 1.43 bits per heavy atom. The van der Waals surface area contributed by atoms with Crippen molar-refractivity contribution in [3.05, 3.63) is 23.8 Å². The number of nitrogens with zero attached hydrogens (tertiary/aromatic N) is 1. The van der Waals surface area contributed by atoms with Crippen LogP contribution in [0.1, 0.15) is 0 Å². The van der Waals surface area contributed by atoms with E-state index in [-0.39, 0.29) is 18.0 Å². The minimum absolute atomic E-state index is 0.0511. The number of rotatable bonds is 3. The van der Waals surface area contributed by atoms with Gasteiger partial charge in [-0.2, -0.15) is 5.26 Å². The summed E-state index contributed by atoms with van der Waals surface area (Å²) in [5.41, 5.74) is -0.0511. The Bertz CT molecular complexity index is 374. The summed E-state index contributed by atoms with van der Waals surface area (Å²) in [5, 5.41) is 10.7. The molecule has 0 saturated carbocycles. The Labute approximate surface area is 79.9 Å². The van der Waals surface area contributed by atoms with E-state index >= 15 is 0 Å². The van der Waals surface area contributed by atoms with Gasteiger partial charge in [-0.15, -0.1) is 0 Å². The molecule has 0 fully saturated rings. The summed E-state index contributed by atoms with van der Waals surface area (Å²) < 4.78 is 30.7. The highest BCUT2D eigenvalue weighted by Gasteiger charge is 2.09. The summed E-state index contributed by atoms with van der Waals surface area (Å²) >= 11 is 0. The fourth-order valence-electron chi connectivity index (χ4n) is 0.955. The first-order chi connectivity index (χ1) is 6.69. The zero-order valence-corrected chi connectivity index (χ0v) is 7.47. The number of hydrogen-bond acceptors (Lipinski definition) is 3. The number of hydrogen-bond donors (Lipinski definition) is 1. The van der Waals surface area contributed by atoms with E-state index < -0.39 is 11.6 Å². The van der Waals surface area contributed by atoms with Crippen LogP contribution >= 0.6 is 0 Å². The lowest BCUT2D eigenvalue weighted by atomic mass is 10.2. The zero-order valence-electron chi connectivity index (χ0n) is 7.47. The highest BCUT2D eigenvalue weighted by atomic mass is 19.1. The molecule has 0 heterocycles. The molecule has 74 valence electrons. The topological polar surface area (TPSA) is 45.0 Å². The van der Waals surface area contributed by atoms with E-state index in [1.165, 1.54) is 7.11 Å². The van der Waals surface area contributed by atoms with Crippen LogP contribution in [0.3, 0.4) is 0 Å². The highest BCUT2D eigenvalue weighted by molar-refractivity contribution is 5.49. The lowest BCUT2D eigenvalue weighted by Crippen LogP contribution is -2.02. The molecule has 0 saturated heterocycles. The number of ether oxygens (including phenoxy) is 1. The molecule has 1 aromatic carbocycles. The van der Waals surface area contributed by atoms with Crippen molar-refractivity contribution in [3.8, 4) is 11.8 Å². The fraction of sp³-hybridized carbons (Fsp3) is 0.222. The van der Waals surface area contributed by atoms with Gasteiger partial charge in [0.15, 0.2) is 11.6 Å². The molecule has 1 N–H and O–H groups in total. The van der Waals surface area contributed by atoms with Crippen LogP contribution in [0.5, 0.6) is 5.75 Å². The van der Waals surface area contributed by atoms with Gasteiger partial charge in [-0.05, 0) is 0 Å². The van der Waals surface area contributed by atoms with Gasteiger partial charge in [-0.25, -0.2) is 8.78 Å². The summed E-state index contributed by atoms with van der Waals surface area (Å²) in [5.74, 6) is -1.49. The second-order valence-corrected chi connectivity index (χ2v) is 2.48. The number of halogens is 2. The minimum atomic E-state index is -0.672. The molecule has 0 aliphatic heterocycles. The molecule has 0 amide bonds. The molecule has 0 aliphatic rings. The molecule has 0 aromatic heterocycles. The Morgan fingerprint density at radius 2 is 2.14 bits per heavy atom. The third-order valence-electron chi connectivity index (χ3n) is 1.60. The smallest absolute Gasteiger partial charge is 0.167 e. The fourth-order valence-corrected chi connectivity index (χ4v) is 0.955. The van der Waals surface area contributed by atoms with Crippen LogP contribution in [-0.4, -0.2) is 13.7 Å². The molecule has 0 aliphatic carbocycles. The van der Waals surface area contributed by atoms with Crippen molar-refractivity contribution in [3.63, 3.8) is 0 Å². The Hall–Kier alpha value is -1.83. The number of nitrogens with one attached hydrogen (secondary N) is 1. The van der Waals surface area contributed by atoms with Crippen molar-refractivity contribution in [2.24, 2.45) is 0 Å². The lowest BCUT2D eigenvalue weighted by Gasteiger charge is -2.06. The van der Waals surface area contributed by atoms with Gasteiger partial charge in [0.2, 0.25) is 0 Å². The summed E-state index contributed by atoms with van der Waals surface area (Å²) in [6.45, 7) is -0.0807. The van der Waals surface area contributed by atoms with Gasteiger partial charge in [0.25, 0.3) is 0 Å². The van der Waals surface area contributed by atoms with Crippen LogP contribution in [-0.2, 0) is 0 Å². The first-order valence-electron chi connectivity index (χ1n) is 3.83. The minimum Gasteiger partial charge on any atom is -0.494 e. The molecule has 1 aromatic rings. The molecule has 0 unspecified atom stereocenters. The van der Waals surface area contributed by atoms with Crippen molar-refractivity contribution in [2.75, 3.05) is 19.0 Å². The van der Waals surface area contributed by atoms with Crippen molar-refractivity contribution >= 4 is 5.69 Å². The molecular weight excluding hydrogens is 190 g/mol. The van der Waals surface area contributed by atoms with Crippen LogP contribution < -0.4 is 10.1 Å². The predicted octanol–water partition coefficient (Wildman–Crippen LogP) is 1.91. The van der Waals surface area contributed by atoms with E-state index in [0.29, 0.717) is 0 Å². The molecule has 0 bridgehead atoms. The number of nitriles is 1. The summed E-state index contributed by atoms with van der Waals surface area (Å²) in [6, 6.07) is 3.64. The second-order valence-electron chi connectivity index (χ2n) is 2.48. The first kappa shape index (κ1) is 10.3. The first-order valence-corrected chi connectivity index (χ1v) is 3.83. The quantitative estimate of drug-likeness (QED) is 0.754. The average Bonchev–Trinajstić information content (AvgIpc) is 2.18. The van der Waals surface area contributed by atoms with Gasteiger partial charge in [0, 0.05) is 12.1 Å². The maximum Gasteiger partial charge on any atom is 0.167 e. The maximum absolute atomic E-state index is 13.1. The molecule has 14 heavy (non-hydrogen) atoms. The molecule has 0 radical (unpaired) electrons. The average molecular weight is 198 g/mol. The van der Waals surface area contributed by atoms with Crippen molar-refractivity contribution in [2.45, 2.75) is 0 Å². The lowest BCUT2D eigenvalue weighted by molar-refractivity contribution is 0.383. The van der Waals surface area contributed by atoms with Gasteiger partial charge in [0.05, 0.1) is 18.9 Å². The molecular formula is C9H8F2N2O. The van der Waals surface area contributed by atoms with Crippen LogP contribution in [0, 0.1) is 23.0 Å². The van der Waals surface area contributed by atoms with Gasteiger partial charge in [-0.3, -0.25) is 0 Å². The summed E-state index contributed by atoms with van der Waals surface area (Å²) in [6.07, 6.45) is 0. The number of anilines is 1. The predicted molar refractivity (Wildman–Crippen MR) is 47.0 cm³/mol. The van der Waals surface area contributed by atoms with Crippen LogP contribution in [0.25, 0.3) is 0 Å². The number of benzene rings is 1. The van der Waals surface area contributed by atoms with Crippen molar-refractivity contribution in [1.82, 2.24) is 0 Å². The van der Waals surface area contributed by atoms with Crippen LogP contribution in [0.2, 0.25) is 0 Å². The molecule has 5 heteroatoms. The largest absolute Gasteiger partial charge is 0.494 e. The Morgan fingerprint density at radius 3 is 2.71 bits per heavy atom. The van der Waals surface area contributed by atoms with E-state index in [2.05, 4.69) is 10.1 Å². The molecule has 0 atom stereocenters. The Kier molecular flexibility index (Phi) is 3.24. The van der Waals surface area contributed by atoms with Crippen LogP contribution in [0.4, 0.5) is 14.5 Å². The Balaban J connectivity index is 2.97. The van der Waals surface area contributed by atoms with E-state index in [4.69, 9.17) is 5.26 Å². The molecule has 0 spiro atoms. The van der Waals surface area contributed by atoms with E-state index in [1.54, 1.807) is 6.07 Å². The summed E-state index contributed by atoms with van der Waals surface area (Å²) in [4.78, 5) is 0. The third kappa shape index (κ3) is 2.10. The van der Waals surface area contributed by atoms with Gasteiger partial charge < -0.3 is 10.1 Å². The standard InChI is InChI=1S/C9H8F2N2O/c1-14-9-5-6(10)8(4-7(9)11)13-3-2-12/h4-5,13H,3H2,1H3. The summed E-state index contributed by atoms with van der Waals surface area (Å²) in [7, 11) is 1.25. The van der Waals surface area contributed by atoms with E-state index in [0.717, 1.165) is 12.1 Å². The van der Waals surface area contributed by atoms with Gasteiger partial charge in [0.1, 0.15) is 12.4 Å². The number of methoxy groups -OCH3 is 1. The normalized spacial score (nSPS) is 9.29. The van der Waals surface area contributed by atoms with Crippen molar-refractivity contribution < 1.29 is 13.5 Å². The second kappa shape index (κ2) is 4.42. The van der Waals surface area contributed by atoms with E-state index in [1.807, 2.05) is 0 Å². The van der Waals surface area contributed by atoms with Gasteiger partial charge >= 0.3 is 0 Å². The van der Waals surface area contributed by atoms with Gasteiger partial charge in [-0.1, -0.05) is 0 Å². The highest BCUT2D eigenvalue weighted by Crippen LogP contribution is 2.24. The zero-order chi connectivity index (χ0) is 10.6. The maximum atomic E-state index is 13.1.